The number of aliphatic hydroxyl groups excluding tert-OH is 1. The summed E-state index contributed by atoms with van der Waals surface area (Å²) in [7, 11) is -0.265. The Labute approximate surface area is 278 Å². The molecule has 0 saturated heterocycles. The van der Waals surface area contributed by atoms with E-state index in [1.807, 2.05) is 87.5 Å². The Kier molecular flexibility index (Phi) is 16.7. The van der Waals surface area contributed by atoms with Gasteiger partial charge in [0, 0.05) is 13.0 Å². The van der Waals surface area contributed by atoms with Crippen molar-refractivity contribution in [3.05, 3.63) is 77.9 Å². The minimum absolute atomic E-state index is 0.00110. The monoisotopic (exact) mass is 658 g/mol. The number of hydrogen-bond acceptors (Lipinski definition) is 8. The fraction of sp³-hybridized carbons (Fsp3) is 0.595. The largest absolute Gasteiger partial charge is 0.497 e. The van der Waals surface area contributed by atoms with E-state index < -0.39 is 25.9 Å². The van der Waals surface area contributed by atoms with Crippen LogP contribution in [0.15, 0.2) is 66.7 Å². The van der Waals surface area contributed by atoms with Crippen LogP contribution >= 0.6 is 0 Å². The number of esters is 1. The normalized spacial score (nSPS) is 14.7. The number of ether oxygens (including phenoxy) is 5. The van der Waals surface area contributed by atoms with E-state index in [1.54, 1.807) is 7.11 Å². The molecule has 0 saturated carbocycles. The van der Waals surface area contributed by atoms with E-state index in [0.717, 1.165) is 16.9 Å². The fourth-order valence-electron chi connectivity index (χ4n) is 4.31. The van der Waals surface area contributed by atoms with Gasteiger partial charge in [-0.2, -0.15) is 0 Å². The summed E-state index contributed by atoms with van der Waals surface area (Å²) < 4.78 is 35.9. The highest BCUT2D eigenvalue weighted by atomic mass is 28.4. The summed E-state index contributed by atoms with van der Waals surface area (Å²) in [6.07, 6.45) is 3.92. The van der Waals surface area contributed by atoms with Crippen molar-refractivity contribution in [1.29, 1.82) is 0 Å². The summed E-state index contributed by atoms with van der Waals surface area (Å²) in [5.74, 6) is 0.430. The molecule has 0 amide bonds. The van der Waals surface area contributed by atoms with Gasteiger partial charge in [0.15, 0.2) is 8.32 Å². The average Bonchev–Trinajstić information content (AvgIpc) is 3.02. The molecule has 0 aliphatic rings. The first kappa shape index (κ1) is 39.6. The Morgan fingerprint density at radius 2 is 1.59 bits per heavy atom. The smallest absolute Gasteiger partial charge is 0.315 e. The molecule has 0 aliphatic carbocycles. The van der Waals surface area contributed by atoms with Crippen LogP contribution in [0.1, 0.15) is 71.9 Å². The Hall–Kier alpha value is -2.53. The molecule has 3 atom stereocenters. The zero-order valence-corrected chi connectivity index (χ0v) is 30.5. The maximum absolute atomic E-state index is 13.5. The summed E-state index contributed by atoms with van der Waals surface area (Å²) in [4.78, 5) is 13.5. The Morgan fingerprint density at radius 1 is 0.935 bits per heavy atom. The molecule has 8 nitrogen and oxygen atoms in total. The van der Waals surface area contributed by atoms with Gasteiger partial charge in [-0.3, -0.25) is 4.79 Å². The number of hydrogen-bond donors (Lipinski definition) is 1. The highest BCUT2D eigenvalue weighted by Gasteiger charge is 2.37. The van der Waals surface area contributed by atoms with E-state index in [2.05, 4.69) is 33.9 Å². The lowest BCUT2D eigenvalue weighted by Gasteiger charge is -2.35. The van der Waals surface area contributed by atoms with E-state index >= 15 is 0 Å². The highest BCUT2D eigenvalue weighted by molar-refractivity contribution is 6.74. The molecular formula is C37H58O8Si. The van der Waals surface area contributed by atoms with E-state index in [9.17, 15) is 9.90 Å². The van der Waals surface area contributed by atoms with E-state index in [0.29, 0.717) is 39.1 Å². The molecule has 2 aromatic carbocycles. The van der Waals surface area contributed by atoms with Crippen molar-refractivity contribution in [3.63, 3.8) is 0 Å². The molecule has 46 heavy (non-hydrogen) atoms. The van der Waals surface area contributed by atoms with Gasteiger partial charge < -0.3 is 33.2 Å². The number of rotatable bonds is 21. The summed E-state index contributed by atoms with van der Waals surface area (Å²) >= 11 is 0. The van der Waals surface area contributed by atoms with Crippen molar-refractivity contribution in [2.45, 2.75) is 110 Å². The molecule has 1 N–H and O–H groups in total. The highest BCUT2D eigenvalue weighted by Crippen LogP contribution is 2.36. The first-order chi connectivity index (χ1) is 21.7. The molecule has 0 heterocycles. The van der Waals surface area contributed by atoms with Crippen molar-refractivity contribution in [1.82, 2.24) is 0 Å². The second-order valence-corrected chi connectivity index (χ2v) is 18.7. The fourth-order valence-corrected chi connectivity index (χ4v) is 5.25. The second kappa shape index (κ2) is 19.3. The zero-order chi connectivity index (χ0) is 34.2. The molecule has 0 fully saturated rings. The summed E-state index contributed by atoms with van der Waals surface area (Å²) in [6.45, 7) is 18.0. The number of methoxy groups -OCH3 is 1. The average molecular weight is 659 g/mol. The molecule has 258 valence electrons. The van der Waals surface area contributed by atoms with Gasteiger partial charge in [0.1, 0.15) is 18.6 Å². The predicted molar refractivity (Wildman–Crippen MR) is 185 cm³/mol. The predicted octanol–water partition coefficient (Wildman–Crippen LogP) is 7.84. The van der Waals surface area contributed by atoms with E-state index in [1.165, 1.54) is 0 Å². The first-order valence-corrected chi connectivity index (χ1v) is 19.2. The van der Waals surface area contributed by atoms with Crippen molar-refractivity contribution >= 4 is 14.3 Å². The van der Waals surface area contributed by atoms with Crippen LogP contribution in [0.5, 0.6) is 5.75 Å². The molecule has 0 unspecified atom stereocenters. The maximum atomic E-state index is 13.5. The van der Waals surface area contributed by atoms with Crippen LogP contribution in [0.3, 0.4) is 0 Å². The van der Waals surface area contributed by atoms with Gasteiger partial charge in [-0.25, -0.2) is 0 Å². The lowest BCUT2D eigenvalue weighted by atomic mass is 9.93. The molecule has 0 bridgehead atoms. The molecule has 0 aliphatic heterocycles. The zero-order valence-electron chi connectivity index (χ0n) is 29.5. The minimum Gasteiger partial charge on any atom is -0.497 e. The van der Waals surface area contributed by atoms with Crippen LogP contribution in [0.2, 0.25) is 18.1 Å². The van der Waals surface area contributed by atoms with Gasteiger partial charge in [-0.15, -0.1) is 0 Å². The molecule has 0 radical (unpaired) electrons. The standard InChI is InChI=1S/C37H58O8Si/c1-29(43-28-41-26-30-15-11-10-12-16-30)34(42-27-31-18-20-32(40-7)21-19-31)25-33(17-13-23-38)45-35(39)37(5,6)22-14-24-44-46(8,9)36(2,3)4/h10-12,14-16,18-22,29,33-34,38H,13,17,23-28H2,1-9H3/b22-14+/t29-,33-,34-/m1/s1. The van der Waals surface area contributed by atoms with Gasteiger partial charge >= 0.3 is 5.97 Å². The van der Waals surface area contributed by atoms with Gasteiger partial charge in [0.05, 0.1) is 44.6 Å². The van der Waals surface area contributed by atoms with Crippen LogP contribution in [0.25, 0.3) is 0 Å². The van der Waals surface area contributed by atoms with Crippen molar-refractivity contribution < 1.29 is 38.0 Å². The first-order valence-electron chi connectivity index (χ1n) is 16.3. The number of aliphatic hydroxyl groups is 1. The third-order valence-corrected chi connectivity index (χ3v) is 13.0. The topological polar surface area (TPSA) is 92.7 Å². The lowest BCUT2D eigenvalue weighted by molar-refractivity contribution is -0.166. The quantitative estimate of drug-likeness (QED) is 0.0477. The Morgan fingerprint density at radius 3 is 2.20 bits per heavy atom. The number of carbonyl (C=O) groups excluding carboxylic acids is 1. The SMILES string of the molecule is COc1ccc(CO[C@H](C[C@@H](CCCO)OC(=O)C(C)(C)/C=C/CO[Si](C)(C)C(C)(C)C)[C@@H](C)OCOCc2ccccc2)cc1. The van der Waals surface area contributed by atoms with Crippen LogP contribution in [-0.2, 0) is 41.4 Å². The second-order valence-electron chi connectivity index (χ2n) is 13.8. The summed E-state index contributed by atoms with van der Waals surface area (Å²) in [6, 6.07) is 17.6. The molecule has 9 heteroatoms. The van der Waals surface area contributed by atoms with E-state index in [-0.39, 0.29) is 30.5 Å². The molecule has 0 aromatic heterocycles. The Balaban J connectivity index is 2.09. The lowest BCUT2D eigenvalue weighted by Crippen LogP contribution is -2.40. The van der Waals surface area contributed by atoms with Crippen molar-refractivity contribution in [2.75, 3.05) is 27.1 Å². The maximum Gasteiger partial charge on any atom is 0.315 e. The van der Waals surface area contributed by atoms with Gasteiger partial charge in [0.2, 0.25) is 0 Å². The van der Waals surface area contributed by atoms with Crippen LogP contribution in [0, 0.1) is 5.41 Å². The van der Waals surface area contributed by atoms with Crippen molar-refractivity contribution in [3.8, 4) is 5.75 Å². The van der Waals surface area contributed by atoms with Crippen LogP contribution in [0.4, 0.5) is 0 Å². The third kappa shape index (κ3) is 14.1. The van der Waals surface area contributed by atoms with Crippen LogP contribution in [-0.4, -0.2) is 64.8 Å². The summed E-state index contributed by atoms with van der Waals surface area (Å²) in [5.41, 5.74) is 1.18. The van der Waals surface area contributed by atoms with Gasteiger partial charge in [-0.05, 0) is 75.0 Å². The van der Waals surface area contributed by atoms with Gasteiger partial charge in [-0.1, -0.05) is 75.4 Å². The number of carbonyl (C=O) groups is 1. The van der Waals surface area contributed by atoms with Crippen LogP contribution < -0.4 is 4.74 Å². The van der Waals surface area contributed by atoms with E-state index in [4.69, 9.17) is 28.1 Å². The molecule has 0 spiro atoms. The molecular weight excluding hydrogens is 600 g/mol. The molecule has 2 aromatic rings. The Bertz CT molecular complexity index is 1160. The van der Waals surface area contributed by atoms with Crippen molar-refractivity contribution in [2.24, 2.45) is 5.41 Å². The molecule has 2 rings (SSSR count). The van der Waals surface area contributed by atoms with Gasteiger partial charge in [0.25, 0.3) is 0 Å². The summed E-state index contributed by atoms with van der Waals surface area (Å²) in [5, 5.41) is 9.71. The third-order valence-electron chi connectivity index (χ3n) is 8.53. The number of benzene rings is 2. The minimum atomic E-state index is -1.90.